The number of aryl methyl sites for hydroxylation is 1. The van der Waals surface area contributed by atoms with Crippen LogP contribution in [0.5, 0.6) is 0 Å². The normalized spacial score (nSPS) is 20.2. The Morgan fingerprint density at radius 2 is 2.37 bits per heavy atom. The van der Waals surface area contributed by atoms with Gasteiger partial charge in [-0.05, 0) is 37.6 Å². The summed E-state index contributed by atoms with van der Waals surface area (Å²) in [6.45, 7) is 6.65. The van der Waals surface area contributed by atoms with Crippen molar-refractivity contribution in [1.82, 2.24) is 4.90 Å². The summed E-state index contributed by atoms with van der Waals surface area (Å²) in [5, 5.41) is 2.92. The molecule has 0 saturated carbocycles. The van der Waals surface area contributed by atoms with Gasteiger partial charge in [0.25, 0.3) is 0 Å². The third-order valence-electron chi connectivity index (χ3n) is 3.22. The second kappa shape index (κ2) is 6.04. The predicted octanol–water partition coefficient (Wildman–Crippen LogP) is 1.24. The molecule has 5 nitrogen and oxygen atoms in total. The molecule has 1 saturated heterocycles. The van der Waals surface area contributed by atoms with Crippen LogP contribution in [0.1, 0.15) is 12.5 Å². The number of morpholine rings is 1. The largest absolute Gasteiger partial charge is 0.399 e. The summed E-state index contributed by atoms with van der Waals surface area (Å²) < 4.78 is 5.45. The van der Waals surface area contributed by atoms with Crippen molar-refractivity contribution >= 4 is 17.3 Å². The van der Waals surface area contributed by atoms with Gasteiger partial charge in [0, 0.05) is 24.5 Å². The molecule has 1 aliphatic rings. The molecule has 0 aromatic heterocycles. The fraction of sp³-hybridized carbons (Fsp3) is 0.500. The molecule has 3 N–H and O–H groups in total. The topological polar surface area (TPSA) is 67.6 Å². The number of nitrogens with one attached hydrogen (secondary N) is 1. The zero-order valence-corrected chi connectivity index (χ0v) is 11.5. The van der Waals surface area contributed by atoms with Crippen LogP contribution < -0.4 is 11.1 Å². The lowest BCUT2D eigenvalue weighted by atomic mass is 10.2. The first kappa shape index (κ1) is 13.8. The maximum absolute atomic E-state index is 12.0. The summed E-state index contributed by atoms with van der Waals surface area (Å²) >= 11 is 0. The summed E-state index contributed by atoms with van der Waals surface area (Å²) in [6, 6.07) is 5.48. The highest BCUT2D eigenvalue weighted by atomic mass is 16.5. The molecule has 104 valence electrons. The first-order chi connectivity index (χ1) is 9.04. The molecule has 1 heterocycles. The van der Waals surface area contributed by atoms with Crippen molar-refractivity contribution in [1.29, 1.82) is 0 Å². The van der Waals surface area contributed by atoms with Gasteiger partial charge >= 0.3 is 0 Å². The zero-order chi connectivity index (χ0) is 13.8. The van der Waals surface area contributed by atoms with Gasteiger partial charge in [-0.2, -0.15) is 0 Å². The van der Waals surface area contributed by atoms with Crippen LogP contribution in [0.15, 0.2) is 18.2 Å². The molecule has 19 heavy (non-hydrogen) atoms. The number of hydrogen-bond acceptors (Lipinski definition) is 4. The number of ether oxygens (including phenoxy) is 1. The van der Waals surface area contributed by atoms with E-state index in [1.807, 2.05) is 26.0 Å². The monoisotopic (exact) mass is 263 g/mol. The first-order valence-electron chi connectivity index (χ1n) is 6.54. The molecule has 1 aromatic rings. The second-order valence-corrected chi connectivity index (χ2v) is 5.04. The highest BCUT2D eigenvalue weighted by Gasteiger charge is 2.19. The zero-order valence-electron chi connectivity index (χ0n) is 11.5. The van der Waals surface area contributed by atoms with Crippen molar-refractivity contribution in [2.75, 3.05) is 37.3 Å². The molecule has 0 bridgehead atoms. The predicted molar refractivity (Wildman–Crippen MR) is 76.1 cm³/mol. The molecule has 1 atom stereocenters. The Balaban J connectivity index is 1.90. The molecule has 1 fully saturated rings. The van der Waals surface area contributed by atoms with E-state index in [0.29, 0.717) is 18.8 Å². The smallest absolute Gasteiger partial charge is 0.238 e. The van der Waals surface area contributed by atoms with E-state index in [1.54, 1.807) is 6.07 Å². The minimum Gasteiger partial charge on any atom is -0.399 e. The minimum absolute atomic E-state index is 0.00183. The number of hydrogen-bond donors (Lipinski definition) is 2. The van der Waals surface area contributed by atoms with Gasteiger partial charge in [0.15, 0.2) is 0 Å². The van der Waals surface area contributed by atoms with Gasteiger partial charge < -0.3 is 15.8 Å². The van der Waals surface area contributed by atoms with Crippen molar-refractivity contribution < 1.29 is 9.53 Å². The van der Waals surface area contributed by atoms with Crippen LogP contribution in [0.4, 0.5) is 11.4 Å². The van der Waals surface area contributed by atoms with Crippen molar-refractivity contribution in [2.24, 2.45) is 0 Å². The number of nitrogens with zero attached hydrogens (tertiary/aromatic N) is 1. The van der Waals surface area contributed by atoms with Gasteiger partial charge in [-0.1, -0.05) is 0 Å². The third-order valence-corrected chi connectivity index (χ3v) is 3.22. The van der Waals surface area contributed by atoms with Crippen LogP contribution >= 0.6 is 0 Å². The molecule has 1 amide bonds. The lowest BCUT2D eigenvalue weighted by Gasteiger charge is -2.30. The number of nitrogens with two attached hydrogens (primary N) is 1. The Morgan fingerprint density at radius 1 is 1.58 bits per heavy atom. The van der Waals surface area contributed by atoms with Crippen molar-refractivity contribution in [3.05, 3.63) is 23.8 Å². The molecule has 1 unspecified atom stereocenters. The maximum Gasteiger partial charge on any atom is 0.238 e. The van der Waals surface area contributed by atoms with Crippen molar-refractivity contribution in [3.63, 3.8) is 0 Å². The summed E-state index contributed by atoms with van der Waals surface area (Å²) in [5.74, 6) is 0.00183. The molecule has 5 heteroatoms. The van der Waals surface area contributed by atoms with Gasteiger partial charge in [0.1, 0.15) is 0 Å². The lowest BCUT2D eigenvalue weighted by molar-refractivity contribution is -0.119. The van der Waals surface area contributed by atoms with Crippen molar-refractivity contribution in [2.45, 2.75) is 20.0 Å². The van der Waals surface area contributed by atoms with Crippen LogP contribution in [-0.4, -0.2) is 43.2 Å². The van der Waals surface area contributed by atoms with E-state index in [-0.39, 0.29) is 12.0 Å². The number of carbonyl (C=O) groups excluding carboxylic acids is 1. The summed E-state index contributed by atoms with van der Waals surface area (Å²) in [7, 11) is 0. The van der Waals surface area contributed by atoms with Crippen LogP contribution in [0.3, 0.4) is 0 Å². The molecule has 0 aliphatic carbocycles. The second-order valence-electron chi connectivity index (χ2n) is 5.04. The maximum atomic E-state index is 12.0. The van der Waals surface area contributed by atoms with Gasteiger partial charge in [-0.15, -0.1) is 0 Å². The van der Waals surface area contributed by atoms with E-state index in [2.05, 4.69) is 10.2 Å². The molecular formula is C14H21N3O2. The molecular weight excluding hydrogens is 242 g/mol. The van der Waals surface area contributed by atoms with Crippen LogP contribution in [0.25, 0.3) is 0 Å². The van der Waals surface area contributed by atoms with Crippen LogP contribution in [-0.2, 0) is 9.53 Å². The number of amides is 1. The van der Waals surface area contributed by atoms with E-state index in [4.69, 9.17) is 10.5 Å². The van der Waals surface area contributed by atoms with Gasteiger partial charge in [-0.3, -0.25) is 9.69 Å². The van der Waals surface area contributed by atoms with Gasteiger partial charge in [0.2, 0.25) is 5.91 Å². The fourth-order valence-electron chi connectivity index (χ4n) is 2.25. The van der Waals surface area contributed by atoms with Gasteiger partial charge in [0.05, 0.1) is 19.3 Å². The SMILES string of the molecule is Cc1cc(N)ccc1NC(=O)CN1CCOC(C)C1. The average molecular weight is 263 g/mol. The van der Waals surface area contributed by atoms with E-state index in [1.165, 1.54) is 0 Å². The number of rotatable bonds is 3. The summed E-state index contributed by atoms with van der Waals surface area (Å²) in [5.41, 5.74) is 8.19. The Hall–Kier alpha value is -1.59. The quantitative estimate of drug-likeness (QED) is 0.805. The van der Waals surface area contributed by atoms with E-state index in [0.717, 1.165) is 24.3 Å². The van der Waals surface area contributed by atoms with Crippen LogP contribution in [0.2, 0.25) is 0 Å². The van der Waals surface area contributed by atoms with E-state index in [9.17, 15) is 4.79 Å². The summed E-state index contributed by atoms with van der Waals surface area (Å²) in [4.78, 5) is 14.1. The Morgan fingerprint density at radius 3 is 3.05 bits per heavy atom. The first-order valence-corrected chi connectivity index (χ1v) is 6.54. The molecule has 2 rings (SSSR count). The number of carbonyl (C=O) groups is 1. The standard InChI is InChI=1S/C14H21N3O2/c1-10-7-12(15)3-4-13(10)16-14(18)9-17-5-6-19-11(2)8-17/h3-4,7,11H,5-6,8-9,15H2,1-2H3,(H,16,18). The Bertz CT molecular complexity index is 462. The number of benzene rings is 1. The Kier molecular flexibility index (Phi) is 4.39. The third kappa shape index (κ3) is 3.94. The summed E-state index contributed by atoms with van der Waals surface area (Å²) in [6.07, 6.45) is 0.194. The van der Waals surface area contributed by atoms with E-state index < -0.39 is 0 Å². The molecule has 0 radical (unpaired) electrons. The van der Waals surface area contributed by atoms with Crippen LogP contribution in [0, 0.1) is 6.92 Å². The minimum atomic E-state index is 0.00183. The molecule has 1 aliphatic heterocycles. The highest BCUT2D eigenvalue weighted by molar-refractivity contribution is 5.93. The van der Waals surface area contributed by atoms with Gasteiger partial charge in [-0.25, -0.2) is 0 Å². The highest BCUT2D eigenvalue weighted by Crippen LogP contribution is 2.17. The average Bonchev–Trinajstić information content (AvgIpc) is 2.33. The number of anilines is 2. The molecule has 1 aromatic carbocycles. The lowest BCUT2D eigenvalue weighted by Crippen LogP contribution is -2.44. The number of nitrogen functional groups attached to an aromatic ring is 1. The van der Waals surface area contributed by atoms with E-state index >= 15 is 0 Å². The Labute approximate surface area is 113 Å². The fourth-order valence-corrected chi connectivity index (χ4v) is 2.25. The molecule has 0 spiro atoms. The van der Waals surface area contributed by atoms with Crippen molar-refractivity contribution in [3.8, 4) is 0 Å².